The number of carbonyl (C=O) groups is 1. The Kier molecular flexibility index (Phi) is 3.94. The Morgan fingerprint density at radius 1 is 1.14 bits per heavy atom. The minimum Gasteiger partial charge on any atom is -0.464 e. The van der Waals surface area contributed by atoms with Gasteiger partial charge in [-0.05, 0) is 42.3 Å². The molecule has 0 saturated heterocycles. The molecule has 7 nitrogen and oxygen atoms in total. The van der Waals surface area contributed by atoms with Crippen molar-refractivity contribution in [3.63, 3.8) is 0 Å². The number of amides is 1. The molecule has 0 radical (unpaired) electrons. The molecule has 144 valence electrons. The first-order valence-corrected chi connectivity index (χ1v) is 11.1. The van der Waals surface area contributed by atoms with Gasteiger partial charge in [0.05, 0.1) is 22.4 Å². The van der Waals surface area contributed by atoms with Crippen molar-refractivity contribution in [2.75, 3.05) is 26.2 Å². The maximum absolute atomic E-state index is 13.1. The summed E-state index contributed by atoms with van der Waals surface area (Å²) in [6, 6.07) is 6.64. The molecule has 2 aliphatic rings. The van der Waals surface area contributed by atoms with Crippen LogP contribution in [0.25, 0.3) is 11.0 Å². The van der Waals surface area contributed by atoms with Crippen LogP contribution in [0.15, 0.2) is 56.5 Å². The molecule has 2 aromatic heterocycles. The number of benzene rings is 1. The monoisotopic (exact) mass is 415 g/mol. The normalized spacial score (nSPS) is 17.7. The van der Waals surface area contributed by atoms with Crippen molar-refractivity contribution in [2.24, 2.45) is 0 Å². The molecule has 0 atom stereocenters. The Morgan fingerprint density at radius 2 is 1.89 bits per heavy atom. The lowest BCUT2D eigenvalue weighted by molar-refractivity contribution is 0.0796. The van der Waals surface area contributed by atoms with Crippen LogP contribution in [0, 0.1) is 6.92 Å². The van der Waals surface area contributed by atoms with E-state index in [-0.39, 0.29) is 10.8 Å². The average Bonchev–Trinajstić information content (AvgIpc) is 3.43. The van der Waals surface area contributed by atoms with Gasteiger partial charge < -0.3 is 9.32 Å². The van der Waals surface area contributed by atoms with Crippen molar-refractivity contribution in [1.82, 2.24) is 14.2 Å². The molecule has 0 unspecified atom stereocenters. The zero-order valence-electron chi connectivity index (χ0n) is 15.1. The summed E-state index contributed by atoms with van der Waals surface area (Å²) in [6.07, 6.45) is 1.55. The third-order valence-electron chi connectivity index (χ3n) is 5.29. The van der Waals surface area contributed by atoms with Gasteiger partial charge in [-0.1, -0.05) is 0 Å². The average molecular weight is 415 g/mol. The highest BCUT2D eigenvalue weighted by atomic mass is 32.2. The highest BCUT2D eigenvalue weighted by Gasteiger charge is 2.38. The van der Waals surface area contributed by atoms with Crippen LogP contribution in [0.3, 0.4) is 0 Å². The second-order valence-electron chi connectivity index (χ2n) is 7.03. The van der Waals surface area contributed by atoms with Crippen LogP contribution >= 0.6 is 11.3 Å². The van der Waals surface area contributed by atoms with Crippen molar-refractivity contribution < 1.29 is 17.6 Å². The Labute approximate surface area is 165 Å². The van der Waals surface area contributed by atoms with Gasteiger partial charge in [0, 0.05) is 31.6 Å². The third-order valence-corrected chi connectivity index (χ3v) is 7.99. The number of nitrogens with zero attached hydrogens (tertiary/aromatic N) is 3. The summed E-state index contributed by atoms with van der Waals surface area (Å²) in [6.45, 7) is 3.42. The number of carbonyl (C=O) groups excluding carboxylic acids is 1. The largest absolute Gasteiger partial charge is 0.464 e. The summed E-state index contributed by atoms with van der Waals surface area (Å²) < 4.78 is 32.9. The number of rotatable bonds is 3. The quantitative estimate of drug-likeness (QED) is 0.614. The Hall–Kier alpha value is -2.49. The van der Waals surface area contributed by atoms with E-state index < -0.39 is 10.0 Å². The number of furan rings is 1. The Bertz CT molecular complexity index is 1220. The maximum Gasteiger partial charge on any atom is 0.266 e. The van der Waals surface area contributed by atoms with E-state index in [0.29, 0.717) is 36.6 Å². The molecule has 1 aromatic carbocycles. The first-order chi connectivity index (χ1) is 13.4. The highest BCUT2D eigenvalue weighted by Crippen LogP contribution is 2.32. The van der Waals surface area contributed by atoms with Gasteiger partial charge in [0.2, 0.25) is 10.0 Å². The molecule has 28 heavy (non-hydrogen) atoms. The molecular formula is C19H17N3O4S2. The predicted octanol–water partition coefficient (Wildman–Crippen LogP) is 2.65. The zero-order chi connectivity index (χ0) is 19.5. The number of aryl methyl sites for hydroxylation is 1. The van der Waals surface area contributed by atoms with E-state index in [0.717, 1.165) is 22.2 Å². The number of thiazole rings is 1. The molecule has 9 heteroatoms. The fourth-order valence-electron chi connectivity index (χ4n) is 3.76. The summed E-state index contributed by atoms with van der Waals surface area (Å²) >= 11 is 1.34. The van der Waals surface area contributed by atoms with E-state index in [9.17, 15) is 13.2 Å². The predicted molar refractivity (Wildman–Crippen MR) is 105 cm³/mol. The lowest BCUT2D eigenvalue weighted by atomic mass is 10.2. The van der Waals surface area contributed by atoms with Crippen molar-refractivity contribution in [2.45, 2.75) is 11.8 Å². The molecule has 1 amide bonds. The summed E-state index contributed by atoms with van der Waals surface area (Å²) in [4.78, 5) is 19.5. The van der Waals surface area contributed by atoms with Gasteiger partial charge in [0.25, 0.3) is 5.91 Å². The molecular weight excluding hydrogens is 398 g/mol. The number of hydrogen-bond acceptors (Lipinski definition) is 6. The Morgan fingerprint density at radius 3 is 2.57 bits per heavy atom. The second-order valence-corrected chi connectivity index (χ2v) is 9.82. The molecule has 0 aliphatic carbocycles. The van der Waals surface area contributed by atoms with Crippen molar-refractivity contribution in [3.8, 4) is 0 Å². The summed E-state index contributed by atoms with van der Waals surface area (Å²) in [5, 5.41) is 0.762. The van der Waals surface area contributed by atoms with E-state index in [1.165, 1.54) is 15.6 Å². The smallest absolute Gasteiger partial charge is 0.266 e. The third kappa shape index (κ3) is 2.69. The number of sulfonamides is 1. The molecule has 4 heterocycles. The lowest BCUT2D eigenvalue weighted by Gasteiger charge is -2.22. The van der Waals surface area contributed by atoms with Gasteiger partial charge in [0.1, 0.15) is 10.5 Å². The van der Waals surface area contributed by atoms with Crippen LogP contribution < -0.4 is 0 Å². The van der Waals surface area contributed by atoms with Gasteiger partial charge in [0.15, 0.2) is 0 Å². The molecule has 0 N–H and O–H groups in total. The van der Waals surface area contributed by atoms with Gasteiger partial charge in [-0.2, -0.15) is 4.31 Å². The SMILES string of the molecule is Cc1ncsc1C(=O)N1CC2=C(C1)CN(S(=O)(=O)c1ccc3occc3c1)C2. The summed E-state index contributed by atoms with van der Waals surface area (Å²) in [5.41, 5.74) is 5.10. The van der Waals surface area contributed by atoms with Crippen molar-refractivity contribution in [3.05, 3.63) is 57.8 Å². The first kappa shape index (κ1) is 17.6. The van der Waals surface area contributed by atoms with Crippen LogP contribution in [0.2, 0.25) is 0 Å². The number of aromatic nitrogens is 1. The molecule has 2 aliphatic heterocycles. The maximum atomic E-state index is 13.1. The molecule has 0 fully saturated rings. The van der Waals surface area contributed by atoms with Crippen LogP contribution in [-0.2, 0) is 10.0 Å². The lowest BCUT2D eigenvalue weighted by Crippen LogP contribution is -2.36. The topological polar surface area (TPSA) is 83.7 Å². The van der Waals surface area contributed by atoms with Crippen LogP contribution in [0.1, 0.15) is 15.4 Å². The molecule has 0 saturated carbocycles. The van der Waals surface area contributed by atoms with E-state index in [4.69, 9.17) is 4.42 Å². The van der Waals surface area contributed by atoms with Crippen molar-refractivity contribution in [1.29, 1.82) is 0 Å². The van der Waals surface area contributed by atoms with Gasteiger partial charge >= 0.3 is 0 Å². The number of hydrogen-bond donors (Lipinski definition) is 0. The molecule has 5 rings (SSSR count). The van der Waals surface area contributed by atoms with E-state index in [2.05, 4.69) is 4.98 Å². The fraction of sp³-hybridized carbons (Fsp3) is 0.263. The van der Waals surface area contributed by atoms with Gasteiger partial charge in [-0.3, -0.25) is 4.79 Å². The fourth-order valence-corrected chi connectivity index (χ4v) is 6.00. The molecule has 0 spiro atoms. The van der Waals surface area contributed by atoms with Crippen LogP contribution in [0.5, 0.6) is 0 Å². The van der Waals surface area contributed by atoms with Gasteiger partial charge in [-0.25, -0.2) is 13.4 Å². The number of fused-ring (bicyclic) bond motifs is 1. The summed E-state index contributed by atoms with van der Waals surface area (Å²) in [7, 11) is -3.60. The zero-order valence-corrected chi connectivity index (χ0v) is 16.7. The first-order valence-electron chi connectivity index (χ1n) is 8.80. The van der Waals surface area contributed by atoms with Crippen LogP contribution in [-0.4, -0.2) is 54.7 Å². The minimum absolute atomic E-state index is 0.0331. The molecule has 3 aromatic rings. The molecule has 0 bridgehead atoms. The van der Waals surface area contributed by atoms with E-state index >= 15 is 0 Å². The van der Waals surface area contributed by atoms with Crippen molar-refractivity contribution >= 4 is 38.2 Å². The van der Waals surface area contributed by atoms with Gasteiger partial charge in [-0.15, -0.1) is 11.3 Å². The highest BCUT2D eigenvalue weighted by molar-refractivity contribution is 7.89. The standard InChI is InChI=1S/C19H17N3O4S2/c1-12-18(27-11-20-12)19(23)21-7-14-9-22(10-15(14)8-21)28(24,25)16-2-3-17-13(6-16)4-5-26-17/h2-6,11H,7-10H2,1H3. The van der Waals surface area contributed by atoms with E-state index in [1.807, 2.05) is 6.92 Å². The minimum atomic E-state index is -3.60. The van der Waals surface area contributed by atoms with E-state index in [1.54, 1.807) is 40.9 Å². The Balaban J connectivity index is 1.32. The second kappa shape index (κ2) is 6.26. The summed E-state index contributed by atoms with van der Waals surface area (Å²) in [5.74, 6) is -0.0331. The van der Waals surface area contributed by atoms with Crippen LogP contribution in [0.4, 0.5) is 0 Å².